The van der Waals surface area contributed by atoms with Crippen LogP contribution in [0.25, 0.3) is 11.0 Å². The van der Waals surface area contributed by atoms with Crippen LogP contribution in [0.3, 0.4) is 0 Å². The van der Waals surface area contributed by atoms with Crippen LogP contribution in [0.1, 0.15) is 6.92 Å². The van der Waals surface area contributed by atoms with Gasteiger partial charge in [0, 0.05) is 37.8 Å². The van der Waals surface area contributed by atoms with E-state index >= 15 is 0 Å². The average molecular weight is 273 g/mol. The van der Waals surface area contributed by atoms with E-state index in [-0.39, 0.29) is 5.69 Å². The summed E-state index contributed by atoms with van der Waals surface area (Å²) in [6, 6.07) is 4.92. The Morgan fingerprint density at radius 2 is 2.30 bits per heavy atom. The molecule has 0 saturated carbocycles. The summed E-state index contributed by atoms with van der Waals surface area (Å²) >= 11 is 0. The van der Waals surface area contributed by atoms with Gasteiger partial charge in [-0.15, -0.1) is 0 Å². The second-order valence-corrected chi connectivity index (χ2v) is 4.90. The Kier molecular flexibility index (Phi) is 3.19. The number of nitro groups is 1. The van der Waals surface area contributed by atoms with E-state index in [1.807, 2.05) is 0 Å². The predicted molar refractivity (Wildman–Crippen MR) is 75.9 cm³/mol. The fraction of sp³-hybridized carbons (Fsp3) is 0.385. The summed E-state index contributed by atoms with van der Waals surface area (Å²) in [5.74, 6) is 0.820. The van der Waals surface area contributed by atoms with E-state index in [1.54, 1.807) is 12.3 Å². The molecule has 0 spiro atoms. The third-order valence-electron chi connectivity index (χ3n) is 3.52. The molecule has 20 heavy (non-hydrogen) atoms. The molecule has 0 amide bonds. The monoisotopic (exact) mass is 273 g/mol. The van der Waals surface area contributed by atoms with Crippen molar-refractivity contribution in [3.8, 4) is 0 Å². The quantitative estimate of drug-likeness (QED) is 0.656. The van der Waals surface area contributed by atoms with Crippen LogP contribution < -0.4 is 10.2 Å². The van der Waals surface area contributed by atoms with E-state index in [0.717, 1.165) is 25.5 Å². The molecule has 3 rings (SSSR count). The molecule has 2 aromatic rings. The number of hydrogen-bond acceptors (Lipinski definition) is 6. The van der Waals surface area contributed by atoms with Crippen molar-refractivity contribution in [1.82, 2.24) is 15.3 Å². The second kappa shape index (κ2) is 5.01. The van der Waals surface area contributed by atoms with Gasteiger partial charge in [-0.3, -0.25) is 15.1 Å². The SMILES string of the molecule is C[C@@H]1CNCCN1c1cnc2cc([N+](=O)[O-])ccc2n1. The molecule has 1 atom stereocenters. The molecule has 1 fully saturated rings. The van der Waals surface area contributed by atoms with Gasteiger partial charge >= 0.3 is 0 Å². The topological polar surface area (TPSA) is 84.2 Å². The molecule has 1 N–H and O–H groups in total. The van der Waals surface area contributed by atoms with E-state index in [2.05, 4.69) is 27.1 Å². The second-order valence-electron chi connectivity index (χ2n) is 4.90. The Bertz CT molecular complexity index is 660. The molecule has 0 bridgehead atoms. The Balaban J connectivity index is 1.98. The van der Waals surface area contributed by atoms with Crippen molar-refractivity contribution in [3.63, 3.8) is 0 Å². The zero-order chi connectivity index (χ0) is 14.1. The number of anilines is 1. The minimum absolute atomic E-state index is 0.0371. The first-order valence-electron chi connectivity index (χ1n) is 6.54. The number of aromatic nitrogens is 2. The van der Waals surface area contributed by atoms with Crippen LogP contribution in [0, 0.1) is 10.1 Å². The number of benzene rings is 1. The molecule has 7 nitrogen and oxygen atoms in total. The van der Waals surface area contributed by atoms with E-state index < -0.39 is 4.92 Å². The molecule has 1 aromatic carbocycles. The smallest absolute Gasteiger partial charge is 0.271 e. The number of nitro benzene ring substituents is 1. The van der Waals surface area contributed by atoms with E-state index in [9.17, 15) is 10.1 Å². The van der Waals surface area contributed by atoms with Gasteiger partial charge in [0.15, 0.2) is 0 Å². The fourth-order valence-corrected chi connectivity index (χ4v) is 2.42. The van der Waals surface area contributed by atoms with Crippen LogP contribution in [0.4, 0.5) is 11.5 Å². The van der Waals surface area contributed by atoms with Crippen LogP contribution >= 0.6 is 0 Å². The van der Waals surface area contributed by atoms with Gasteiger partial charge in [-0.05, 0) is 13.0 Å². The Hall–Kier alpha value is -2.28. The highest BCUT2D eigenvalue weighted by atomic mass is 16.6. The van der Waals surface area contributed by atoms with Crippen molar-refractivity contribution >= 4 is 22.5 Å². The normalized spacial score (nSPS) is 19.2. The Morgan fingerprint density at radius 1 is 1.45 bits per heavy atom. The first kappa shape index (κ1) is 12.7. The summed E-state index contributed by atoms with van der Waals surface area (Å²) in [6.45, 7) is 4.85. The minimum atomic E-state index is -0.423. The van der Waals surface area contributed by atoms with Crippen LogP contribution in [-0.2, 0) is 0 Å². The van der Waals surface area contributed by atoms with Crippen LogP contribution in [-0.4, -0.2) is 40.6 Å². The van der Waals surface area contributed by atoms with Crippen molar-refractivity contribution in [1.29, 1.82) is 0 Å². The highest BCUT2D eigenvalue weighted by Crippen LogP contribution is 2.21. The lowest BCUT2D eigenvalue weighted by Gasteiger charge is -2.34. The van der Waals surface area contributed by atoms with Gasteiger partial charge in [-0.2, -0.15) is 0 Å². The number of nitrogens with zero attached hydrogens (tertiary/aromatic N) is 4. The molecule has 2 heterocycles. The third-order valence-corrected chi connectivity index (χ3v) is 3.52. The molecule has 7 heteroatoms. The largest absolute Gasteiger partial charge is 0.350 e. The number of non-ortho nitro benzene ring substituents is 1. The number of hydrogen-bond donors (Lipinski definition) is 1. The Morgan fingerprint density at radius 3 is 3.05 bits per heavy atom. The van der Waals surface area contributed by atoms with Crippen molar-refractivity contribution in [2.45, 2.75) is 13.0 Å². The zero-order valence-corrected chi connectivity index (χ0v) is 11.1. The lowest BCUT2D eigenvalue weighted by Crippen LogP contribution is -2.50. The maximum Gasteiger partial charge on any atom is 0.271 e. The molecule has 0 radical (unpaired) electrons. The first-order chi connectivity index (χ1) is 9.65. The molecule has 1 aromatic heterocycles. The first-order valence-corrected chi connectivity index (χ1v) is 6.54. The van der Waals surface area contributed by atoms with Gasteiger partial charge in [0.25, 0.3) is 5.69 Å². The fourth-order valence-electron chi connectivity index (χ4n) is 2.42. The van der Waals surface area contributed by atoms with Crippen molar-refractivity contribution in [2.75, 3.05) is 24.5 Å². The summed E-state index contributed by atoms with van der Waals surface area (Å²) in [7, 11) is 0. The molecular weight excluding hydrogens is 258 g/mol. The molecule has 0 aliphatic carbocycles. The lowest BCUT2D eigenvalue weighted by molar-refractivity contribution is -0.384. The van der Waals surface area contributed by atoms with Crippen LogP contribution in [0.2, 0.25) is 0 Å². The van der Waals surface area contributed by atoms with Crippen molar-refractivity contribution < 1.29 is 4.92 Å². The molecule has 1 saturated heterocycles. The maximum absolute atomic E-state index is 10.7. The van der Waals surface area contributed by atoms with Gasteiger partial charge in [0.2, 0.25) is 0 Å². The predicted octanol–water partition coefficient (Wildman–Crippen LogP) is 1.34. The van der Waals surface area contributed by atoms with Gasteiger partial charge < -0.3 is 10.2 Å². The van der Waals surface area contributed by atoms with Crippen LogP contribution in [0.15, 0.2) is 24.4 Å². The standard InChI is InChI=1S/C13H15N5O2/c1-9-7-14-4-5-17(9)13-8-15-12-6-10(18(19)20)2-3-11(12)16-13/h2-3,6,8-9,14H,4-5,7H2,1H3/t9-/m1/s1. The van der Waals surface area contributed by atoms with E-state index in [0.29, 0.717) is 17.1 Å². The van der Waals surface area contributed by atoms with Crippen molar-refractivity contribution in [3.05, 3.63) is 34.5 Å². The van der Waals surface area contributed by atoms with E-state index in [1.165, 1.54) is 12.1 Å². The average Bonchev–Trinajstić information content (AvgIpc) is 2.46. The van der Waals surface area contributed by atoms with Crippen LogP contribution in [0.5, 0.6) is 0 Å². The third kappa shape index (κ3) is 2.27. The minimum Gasteiger partial charge on any atom is -0.350 e. The molecule has 0 unspecified atom stereocenters. The zero-order valence-electron chi connectivity index (χ0n) is 11.1. The molecule has 104 valence electrons. The number of rotatable bonds is 2. The van der Waals surface area contributed by atoms with Gasteiger partial charge in [-0.1, -0.05) is 0 Å². The summed E-state index contributed by atoms with van der Waals surface area (Å²) in [5.41, 5.74) is 1.26. The number of nitrogens with one attached hydrogen (secondary N) is 1. The summed E-state index contributed by atoms with van der Waals surface area (Å²) < 4.78 is 0. The lowest BCUT2D eigenvalue weighted by atomic mass is 10.2. The van der Waals surface area contributed by atoms with Gasteiger partial charge in [0.1, 0.15) is 5.82 Å². The highest BCUT2D eigenvalue weighted by Gasteiger charge is 2.20. The number of fused-ring (bicyclic) bond motifs is 1. The molecular formula is C13H15N5O2. The van der Waals surface area contributed by atoms with E-state index in [4.69, 9.17) is 0 Å². The summed E-state index contributed by atoms with van der Waals surface area (Å²) in [5, 5.41) is 14.1. The number of piperazine rings is 1. The summed E-state index contributed by atoms with van der Waals surface area (Å²) in [6.07, 6.45) is 1.69. The van der Waals surface area contributed by atoms with Crippen molar-refractivity contribution in [2.24, 2.45) is 0 Å². The molecule has 1 aliphatic heterocycles. The van der Waals surface area contributed by atoms with Gasteiger partial charge in [0.05, 0.1) is 22.2 Å². The maximum atomic E-state index is 10.7. The highest BCUT2D eigenvalue weighted by molar-refractivity contribution is 5.78. The summed E-state index contributed by atoms with van der Waals surface area (Å²) in [4.78, 5) is 21.4. The Labute approximate surface area is 115 Å². The molecule has 1 aliphatic rings. The van der Waals surface area contributed by atoms with Gasteiger partial charge in [-0.25, -0.2) is 4.98 Å².